The van der Waals surface area contributed by atoms with E-state index in [1.807, 2.05) is 4.90 Å². The number of hydrogen-bond donors (Lipinski definition) is 1. The molecule has 0 saturated carbocycles. The first-order valence-corrected chi connectivity index (χ1v) is 8.82. The molecule has 0 radical (unpaired) electrons. The average molecular weight is 394 g/mol. The lowest BCUT2D eigenvalue weighted by atomic mass is 10.1. The summed E-state index contributed by atoms with van der Waals surface area (Å²) in [7, 11) is 2.91. The first-order valence-electron chi connectivity index (χ1n) is 8.82. The Bertz CT molecular complexity index is 840. The highest BCUT2D eigenvalue weighted by Crippen LogP contribution is 2.37. The number of halogens is 3. The van der Waals surface area contributed by atoms with E-state index in [0.717, 1.165) is 38.1 Å². The smallest absolute Gasteiger partial charge is 0.416 e. The quantitative estimate of drug-likeness (QED) is 0.807. The van der Waals surface area contributed by atoms with Crippen molar-refractivity contribution >= 4 is 17.3 Å². The van der Waals surface area contributed by atoms with Crippen molar-refractivity contribution in [2.45, 2.75) is 19.0 Å². The molecule has 1 saturated heterocycles. The van der Waals surface area contributed by atoms with Gasteiger partial charge in [-0.1, -0.05) is 0 Å². The number of benzene rings is 2. The number of ether oxygens (including phenoxy) is 2. The van der Waals surface area contributed by atoms with Crippen LogP contribution in [0.5, 0.6) is 11.5 Å². The third-order valence-corrected chi connectivity index (χ3v) is 4.63. The van der Waals surface area contributed by atoms with Crippen molar-refractivity contribution in [2.75, 3.05) is 37.5 Å². The van der Waals surface area contributed by atoms with Crippen molar-refractivity contribution in [1.82, 2.24) is 0 Å². The van der Waals surface area contributed by atoms with E-state index in [9.17, 15) is 18.0 Å². The number of carbonyl (C=O) groups is 1. The molecule has 2 aromatic carbocycles. The molecule has 1 amide bonds. The zero-order valence-electron chi connectivity index (χ0n) is 15.6. The van der Waals surface area contributed by atoms with Crippen LogP contribution in [0.1, 0.15) is 28.8 Å². The zero-order chi connectivity index (χ0) is 20.3. The normalized spacial score (nSPS) is 14.1. The third-order valence-electron chi connectivity index (χ3n) is 4.63. The lowest BCUT2D eigenvalue weighted by Gasteiger charge is -2.23. The van der Waals surface area contributed by atoms with Crippen LogP contribution in [0, 0.1) is 0 Å². The minimum atomic E-state index is -4.50. The lowest BCUT2D eigenvalue weighted by Crippen LogP contribution is -2.22. The fourth-order valence-corrected chi connectivity index (χ4v) is 3.18. The molecule has 2 aromatic rings. The predicted octanol–water partition coefficient (Wildman–Crippen LogP) is 4.58. The maximum absolute atomic E-state index is 13.2. The molecule has 1 fully saturated rings. The molecular formula is C20H21F3N2O3. The number of nitrogens with zero attached hydrogens (tertiary/aromatic N) is 1. The standard InChI is InChI=1S/C20H21F3N2O3/c1-27-15-9-13(10-16(12-15)28-2)19(26)24-17-11-14(20(21,22)23)5-6-18(17)25-7-3-4-8-25/h5-6,9-12H,3-4,7-8H2,1-2H3,(H,24,26). The number of hydrogen-bond acceptors (Lipinski definition) is 4. The molecule has 5 nitrogen and oxygen atoms in total. The van der Waals surface area contributed by atoms with Gasteiger partial charge in [0.15, 0.2) is 0 Å². The van der Waals surface area contributed by atoms with Crippen molar-refractivity contribution in [1.29, 1.82) is 0 Å². The number of methoxy groups -OCH3 is 2. The van der Waals surface area contributed by atoms with Gasteiger partial charge in [0, 0.05) is 24.7 Å². The Morgan fingerprint density at radius 1 is 1.00 bits per heavy atom. The zero-order valence-corrected chi connectivity index (χ0v) is 15.6. The molecule has 0 unspecified atom stereocenters. The number of alkyl halides is 3. The van der Waals surface area contributed by atoms with Gasteiger partial charge in [-0.05, 0) is 43.2 Å². The molecule has 1 N–H and O–H groups in total. The Labute approximate surface area is 161 Å². The van der Waals surface area contributed by atoms with Crippen LogP contribution in [0.15, 0.2) is 36.4 Å². The van der Waals surface area contributed by atoms with Crippen LogP contribution in [-0.2, 0) is 6.18 Å². The van der Waals surface area contributed by atoms with Crippen molar-refractivity contribution < 1.29 is 27.4 Å². The minimum absolute atomic E-state index is 0.128. The molecule has 0 spiro atoms. The summed E-state index contributed by atoms with van der Waals surface area (Å²) in [4.78, 5) is 14.7. The van der Waals surface area contributed by atoms with E-state index in [1.54, 1.807) is 6.07 Å². The highest BCUT2D eigenvalue weighted by Gasteiger charge is 2.32. The van der Waals surface area contributed by atoms with Crippen LogP contribution in [0.4, 0.5) is 24.5 Å². The summed E-state index contributed by atoms with van der Waals surface area (Å²) in [5, 5.41) is 2.63. The van der Waals surface area contributed by atoms with Gasteiger partial charge in [-0.25, -0.2) is 0 Å². The van der Waals surface area contributed by atoms with Crippen molar-refractivity contribution in [2.24, 2.45) is 0 Å². The van der Waals surface area contributed by atoms with Gasteiger partial charge in [0.2, 0.25) is 0 Å². The van der Waals surface area contributed by atoms with E-state index in [1.165, 1.54) is 32.4 Å². The largest absolute Gasteiger partial charge is 0.497 e. The van der Waals surface area contributed by atoms with E-state index in [-0.39, 0.29) is 11.3 Å². The van der Waals surface area contributed by atoms with E-state index < -0.39 is 17.6 Å². The minimum Gasteiger partial charge on any atom is -0.497 e. The van der Waals surface area contributed by atoms with Crippen LogP contribution in [0.2, 0.25) is 0 Å². The van der Waals surface area contributed by atoms with Crippen LogP contribution >= 0.6 is 0 Å². The third kappa shape index (κ3) is 4.32. The maximum Gasteiger partial charge on any atom is 0.416 e. The lowest BCUT2D eigenvalue weighted by molar-refractivity contribution is -0.137. The molecule has 1 aliphatic heterocycles. The highest BCUT2D eigenvalue weighted by atomic mass is 19.4. The second kappa shape index (κ2) is 8.00. The monoisotopic (exact) mass is 394 g/mol. The molecule has 1 aliphatic rings. The fraction of sp³-hybridized carbons (Fsp3) is 0.350. The number of nitrogens with one attached hydrogen (secondary N) is 1. The number of anilines is 2. The topological polar surface area (TPSA) is 50.8 Å². The summed E-state index contributed by atoms with van der Waals surface area (Å²) < 4.78 is 49.8. The highest BCUT2D eigenvalue weighted by molar-refractivity contribution is 6.06. The Hall–Kier alpha value is -2.90. The van der Waals surface area contributed by atoms with Gasteiger partial charge in [-0.15, -0.1) is 0 Å². The Morgan fingerprint density at radius 3 is 2.14 bits per heavy atom. The van der Waals surface area contributed by atoms with Crippen LogP contribution in [0.3, 0.4) is 0 Å². The fourth-order valence-electron chi connectivity index (χ4n) is 3.18. The molecule has 1 heterocycles. The number of carbonyl (C=O) groups excluding carboxylic acids is 1. The Balaban J connectivity index is 1.96. The summed E-state index contributed by atoms with van der Waals surface area (Å²) in [6.07, 6.45) is -2.58. The second-order valence-corrected chi connectivity index (χ2v) is 6.48. The molecule has 8 heteroatoms. The average Bonchev–Trinajstić information content (AvgIpc) is 3.21. The van der Waals surface area contributed by atoms with Gasteiger partial charge in [0.05, 0.1) is 31.2 Å². The molecule has 0 aliphatic carbocycles. The van der Waals surface area contributed by atoms with Crippen molar-refractivity contribution in [3.63, 3.8) is 0 Å². The van der Waals surface area contributed by atoms with Gasteiger partial charge in [0.25, 0.3) is 5.91 Å². The van der Waals surface area contributed by atoms with Crippen molar-refractivity contribution in [3.05, 3.63) is 47.5 Å². The van der Waals surface area contributed by atoms with Crippen LogP contribution < -0.4 is 19.7 Å². The van der Waals surface area contributed by atoms with Gasteiger partial charge in [-0.2, -0.15) is 13.2 Å². The number of rotatable bonds is 5. The van der Waals surface area contributed by atoms with E-state index >= 15 is 0 Å². The Morgan fingerprint density at radius 2 is 1.61 bits per heavy atom. The van der Waals surface area contributed by atoms with Crippen molar-refractivity contribution in [3.8, 4) is 11.5 Å². The second-order valence-electron chi connectivity index (χ2n) is 6.48. The summed E-state index contributed by atoms with van der Waals surface area (Å²) in [6.45, 7) is 1.47. The molecular weight excluding hydrogens is 373 g/mol. The molecule has 0 bridgehead atoms. The molecule has 3 rings (SSSR count). The molecule has 28 heavy (non-hydrogen) atoms. The molecule has 150 valence electrons. The number of amides is 1. The van der Waals surface area contributed by atoms with Gasteiger partial charge in [0.1, 0.15) is 11.5 Å². The summed E-state index contributed by atoms with van der Waals surface area (Å²) in [6, 6.07) is 8.04. The van der Waals surface area contributed by atoms with Crippen LogP contribution in [0.25, 0.3) is 0 Å². The van der Waals surface area contributed by atoms with Gasteiger partial charge < -0.3 is 19.7 Å². The SMILES string of the molecule is COc1cc(OC)cc(C(=O)Nc2cc(C(F)(F)F)ccc2N2CCCC2)c1. The predicted molar refractivity (Wildman–Crippen MR) is 100 cm³/mol. The Kier molecular flexibility index (Phi) is 5.67. The molecule has 0 atom stereocenters. The first-order chi connectivity index (χ1) is 13.3. The van der Waals surface area contributed by atoms with E-state index in [2.05, 4.69) is 5.32 Å². The summed E-state index contributed by atoms with van der Waals surface area (Å²) >= 11 is 0. The van der Waals surface area contributed by atoms with Gasteiger partial charge >= 0.3 is 6.18 Å². The first kappa shape index (κ1) is 19.9. The van der Waals surface area contributed by atoms with E-state index in [4.69, 9.17) is 9.47 Å². The maximum atomic E-state index is 13.2. The van der Waals surface area contributed by atoms with Gasteiger partial charge in [-0.3, -0.25) is 4.79 Å². The molecule has 0 aromatic heterocycles. The summed E-state index contributed by atoms with van der Waals surface area (Å²) in [5.41, 5.74) is 0.118. The van der Waals surface area contributed by atoms with Crippen LogP contribution in [-0.4, -0.2) is 33.2 Å². The summed E-state index contributed by atoms with van der Waals surface area (Å²) in [5.74, 6) is 0.276. The van der Waals surface area contributed by atoms with E-state index in [0.29, 0.717) is 17.2 Å².